The molecule has 0 aromatic heterocycles. The number of phenols is 1. The van der Waals surface area contributed by atoms with E-state index in [1.165, 1.54) is 7.11 Å². The van der Waals surface area contributed by atoms with E-state index in [1.54, 1.807) is 43.3 Å². The molecule has 4 rings (SSSR count). The Bertz CT molecular complexity index is 1230. The van der Waals surface area contributed by atoms with Crippen LogP contribution in [0.1, 0.15) is 43.0 Å². The minimum Gasteiger partial charge on any atom is -0.507 e. The summed E-state index contributed by atoms with van der Waals surface area (Å²) in [5.74, 6) is 0.0191. The number of nitrogens with zero attached hydrogens (tertiary/aromatic N) is 1. The third-order valence-corrected chi connectivity index (χ3v) is 5.57. The number of benzene rings is 3. The summed E-state index contributed by atoms with van der Waals surface area (Å²) in [6, 6.07) is 18.3. The van der Waals surface area contributed by atoms with Crippen LogP contribution in [-0.2, 0) is 17.8 Å². The van der Waals surface area contributed by atoms with Crippen molar-refractivity contribution in [2.45, 2.75) is 20.0 Å². The molecule has 0 amide bonds. The van der Waals surface area contributed by atoms with Gasteiger partial charge in [-0.2, -0.15) is 0 Å². The Balaban J connectivity index is 1.61. The summed E-state index contributed by atoms with van der Waals surface area (Å²) in [5.41, 5.74) is 3.98. The SMILES string of the molecule is COC(=O)c1ccc(/C=C2\Oc3c(CN(C)Cc4ccccc4)c(O)cc(C)c3C2=O)cc1. The number of esters is 1. The smallest absolute Gasteiger partial charge is 0.337 e. The Labute approximate surface area is 192 Å². The van der Waals surface area contributed by atoms with E-state index in [4.69, 9.17) is 9.47 Å². The number of aromatic hydroxyl groups is 1. The highest BCUT2D eigenvalue weighted by Crippen LogP contribution is 2.42. The van der Waals surface area contributed by atoms with E-state index in [-0.39, 0.29) is 17.3 Å². The topological polar surface area (TPSA) is 76.1 Å². The molecule has 0 bridgehead atoms. The number of fused-ring (bicyclic) bond motifs is 1. The first-order valence-electron chi connectivity index (χ1n) is 10.6. The van der Waals surface area contributed by atoms with Crippen LogP contribution in [0, 0.1) is 6.92 Å². The monoisotopic (exact) mass is 443 g/mol. The van der Waals surface area contributed by atoms with Crippen molar-refractivity contribution in [3.8, 4) is 11.5 Å². The maximum absolute atomic E-state index is 13.1. The van der Waals surface area contributed by atoms with Gasteiger partial charge < -0.3 is 14.6 Å². The molecule has 0 aliphatic carbocycles. The lowest BCUT2D eigenvalue weighted by molar-refractivity contribution is 0.0600. The van der Waals surface area contributed by atoms with E-state index in [2.05, 4.69) is 4.90 Å². The second-order valence-corrected chi connectivity index (χ2v) is 8.11. The van der Waals surface area contributed by atoms with Crippen LogP contribution >= 0.6 is 0 Å². The van der Waals surface area contributed by atoms with E-state index in [0.29, 0.717) is 46.7 Å². The zero-order valence-electron chi connectivity index (χ0n) is 18.8. The number of hydrogen-bond acceptors (Lipinski definition) is 6. The molecule has 6 heteroatoms. The number of ether oxygens (including phenoxy) is 2. The summed E-state index contributed by atoms with van der Waals surface area (Å²) in [6.07, 6.45) is 1.64. The highest BCUT2D eigenvalue weighted by Gasteiger charge is 2.33. The van der Waals surface area contributed by atoms with Crippen LogP contribution in [0.4, 0.5) is 0 Å². The van der Waals surface area contributed by atoms with Gasteiger partial charge in [-0.3, -0.25) is 9.69 Å². The van der Waals surface area contributed by atoms with Gasteiger partial charge in [0, 0.05) is 13.1 Å². The van der Waals surface area contributed by atoms with Crippen LogP contribution in [-0.4, -0.2) is 35.9 Å². The molecule has 3 aromatic carbocycles. The number of carbonyl (C=O) groups is 2. The van der Waals surface area contributed by atoms with Gasteiger partial charge in [0.2, 0.25) is 5.78 Å². The Kier molecular flexibility index (Phi) is 6.29. The van der Waals surface area contributed by atoms with Gasteiger partial charge in [0.1, 0.15) is 11.5 Å². The standard InChI is InChI=1S/C27H25NO5/c1-17-13-22(29)21(16-28(2)15-19-7-5-4-6-8-19)26-24(17)25(30)23(33-26)14-18-9-11-20(12-10-18)27(31)32-3/h4-14,29H,15-16H2,1-3H3/b23-14-. The average Bonchev–Trinajstić information content (AvgIpc) is 3.13. The molecule has 168 valence electrons. The van der Waals surface area contributed by atoms with Gasteiger partial charge in [0.15, 0.2) is 5.76 Å². The molecule has 0 atom stereocenters. The van der Waals surface area contributed by atoms with E-state index in [0.717, 1.165) is 5.56 Å². The minimum absolute atomic E-state index is 0.0997. The van der Waals surface area contributed by atoms with Gasteiger partial charge in [-0.1, -0.05) is 42.5 Å². The molecule has 0 fully saturated rings. The van der Waals surface area contributed by atoms with Crippen molar-refractivity contribution in [2.24, 2.45) is 0 Å². The maximum atomic E-state index is 13.1. The predicted octanol–water partition coefficient (Wildman–Crippen LogP) is 4.74. The summed E-state index contributed by atoms with van der Waals surface area (Å²) in [4.78, 5) is 26.8. The van der Waals surface area contributed by atoms with Gasteiger partial charge in [0.05, 0.1) is 23.8 Å². The molecule has 1 aliphatic heterocycles. The zero-order chi connectivity index (χ0) is 23.5. The van der Waals surface area contributed by atoms with Crippen LogP contribution in [0.2, 0.25) is 0 Å². The fourth-order valence-electron chi connectivity index (χ4n) is 3.94. The minimum atomic E-state index is -0.426. The number of phenolic OH excluding ortho intramolecular Hbond substituents is 1. The van der Waals surface area contributed by atoms with Crippen molar-refractivity contribution in [2.75, 3.05) is 14.2 Å². The Morgan fingerprint density at radius 1 is 1.09 bits per heavy atom. The average molecular weight is 443 g/mol. The molecule has 3 aromatic rings. The van der Waals surface area contributed by atoms with Crippen LogP contribution < -0.4 is 4.74 Å². The third kappa shape index (κ3) is 4.66. The van der Waals surface area contributed by atoms with Crippen LogP contribution in [0.5, 0.6) is 11.5 Å². The Morgan fingerprint density at radius 2 is 1.79 bits per heavy atom. The van der Waals surface area contributed by atoms with Crippen LogP contribution in [0.15, 0.2) is 66.4 Å². The fraction of sp³-hybridized carbons (Fsp3) is 0.185. The fourth-order valence-corrected chi connectivity index (χ4v) is 3.94. The van der Waals surface area contributed by atoms with Gasteiger partial charge in [-0.05, 0) is 54.9 Å². The van der Waals surface area contributed by atoms with E-state index in [1.807, 2.05) is 37.4 Å². The van der Waals surface area contributed by atoms with Gasteiger partial charge in [-0.25, -0.2) is 4.79 Å². The Hall–Kier alpha value is -3.90. The van der Waals surface area contributed by atoms with Crippen molar-refractivity contribution >= 4 is 17.8 Å². The molecule has 1 aliphatic rings. The molecule has 0 spiro atoms. The molecule has 0 radical (unpaired) electrons. The molecule has 0 saturated heterocycles. The van der Waals surface area contributed by atoms with Crippen molar-refractivity contribution in [1.82, 2.24) is 4.90 Å². The summed E-state index contributed by atoms with van der Waals surface area (Å²) in [7, 11) is 3.28. The molecule has 6 nitrogen and oxygen atoms in total. The highest BCUT2D eigenvalue weighted by molar-refractivity contribution is 6.15. The van der Waals surface area contributed by atoms with Crippen molar-refractivity contribution < 1.29 is 24.2 Å². The first-order valence-corrected chi connectivity index (χ1v) is 10.6. The number of carbonyl (C=O) groups excluding carboxylic acids is 2. The van der Waals surface area contributed by atoms with Crippen molar-refractivity contribution in [3.63, 3.8) is 0 Å². The van der Waals surface area contributed by atoms with E-state index in [9.17, 15) is 14.7 Å². The van der Waals surface area contributed by atoms with Gasteiger partial charge in [-0.15, -0.1) is 0 Å². The number of Topliss-reactive ketones (excluding diaryl/α,β-unsaturated/α-hetero) is 1. The van der Waals surface area contributed by atoms with E-state index < -0.39 is 5.97 Å². The largest absolute Gasteiger partial charge is 0.507 e. The summed E-state index contributed by atoms with van der Waals surface area (Å²) >= 11 is 0. The zero-order valence-corrected chi connectivity index (χ0v) is 18.8. The lowest BCUT2D eigenvalue weighted by Gasteiger charge is -2.19. The second-order valence-electron chi connectivity index (χ2n) is 8.11. The second kappa shape index (κ2) is 9.30. The first kappa shape index (κ1) is 22.3. The Morgan fingerprint density at radius 3 is 2.45 bits per heavy atom. The summed E-state index contributed by atoms with van der Waals surface area (Å²) in [5, 5.41) is 10.7. The molecular weight excluding hydrogens is 418 g/mol. The number of allylic oxidation sites excluding steroid dienone is 1. The molecule has 1 N–H and O–H groups in total. The van der Waals surface area contributed by atoms with Crippen LogP contribution in [0.3, 0.4) is 0 Å². The molecule has 33 heavy (non-hydrogen) atoms. The lowest BCUT2D eigenvalue weighted by Crippen LogP contribution is -2.17. The van der Waals surface area contributed by atoms with Crippen molar-refractivity contribution in [1.29, 1.82) is 0 Å². The maximum Gasteiger partial charge on any atom is 0.337 e. The molecule has 0 saturated carbocycles. The van der Waals surface area contributed by atoms with Gasteiger partial charge in [0.25, 0.3) is 0 Å². The molecule has 0 unspecified atom stereocenters. The molecular formula is C27H25NO5. The number of hydrogen-bond donors (Lipinski definition) is 1. The number of methoxy groups -OCH3 is 1. The normalized spacial score (nSPS) is 13.8. The highest BCUT2D eigenvalue weighted by atomic mass is 16.5. The number of rotatable bonds is 6. The van der Waals surface area contributed by atoms with E-state index >= 15 is 0 Å². The quantitative estimate of drug-likeness (QED) is 0.438. The van der Waals surface area contributed by atoms with Crippen LogP contribution in [0.25, 0.3) is 6.08 Å². The predicted molar refractivity (Wildman–Crippen MR) is 125 cm³/mol. The molecule has 1 heterocycles. The lowest BCUT2D eigenvalue weighted by atomic mass is 9.99. The summed E-state index contributed by atoms with van der Waals surface area (Å²) < 4.78 is 10.7. The third-order valence-electron chi connectivity index (χ3n) is 5.57. The van der Waals surface area contributed by atoms with Gasteiger partial charge >= 0.3 is 5.97 Å². The first-order chi connectivity index (χ1) is 15.9. The number of aryl methyl sites for hydroxylation is 1. The van der Waals surface area contributed by atoms with Crippen molar-refractivity contribution in [3.05, 3.63) is 99.8 Å². The number of ketones is 1. The summed E-state index contributed by atoms with van der Waals surface area (Å²) in [6.45, 7) is 2.88.